The molecule has 9 heteroatoms. The van der Waals surface area contributed by atoms with Gasteiger partial charge in [0.05, 0.1) is 5.69 Å². The Hall–Kier alpha value is -3.46. The van der Waals surface area contributed by atoms with Crippen molar-refractivity contribution in [2.75, 3.05) is 16.8 Å². The molecule has 1 aliphatic heterocycles. The summed E-state index contributed by atoms with van der Waals surface area (Å²) in [6, 6.07) is 8.59. The Bertz CT molecular complexity index is 1070. The summed E-state index contributed by atoms with van der Waals surface area (Å²) in [5, 5.41) is 4.99. The highest BCUT2D eigenvalue weighted by molar-refractivity contribution is 7.14. The minimum Gasteiger partial charge on any atom is -0.364 e. The van der Waals surface area contributed by atoms with Crippen molar-refractivity contribution >= 4 is 39.9 Å². The zero-order valence-electron chi connectivity index (χ0n) is 14.8. The summed E-state index contributed by atoms with van der Waals surface area (Å²) >= 11 is 1.28. The SMILES string of the molecule is NC(=O)c1cc(-c2csc(NC(=O)c3cccc(N4CCCC4=O)c3)n2)c[nH]1. The summed E-state index contributed by atoms with van der Waals surface area (Å²) in [4.78, 5) is 44.6. The zero-order chi connectivity index (χ0) is 19.7. The van der Waals surface area contributed by atoms with Crippen molar-refractivity contribution < 1.29 is 14.4 Å². The summed E-state index contributed by atoms with van der Waals surface area (Å²) in [6.45, 7) is 0.670. The Morgan fingerprint density at radius 3 is 2.86 bits per heavy atom. The second-order valence-electron chi connectivity index (χ2n) is 6.36. The lowest BCUT2D eigenvalue weighted by Gasteiger charge is -2.16. The topological polar surface area (TPSA) is 121 Å². The predicted octanol–water partition coefficient (Wildman–Crippen LogP) is 2.62. The number of carbonyl (C=O) groups excluding carboxylic acids is 3. The fourth-order valence-electron chi connectivity index (χ4n) is 3.05. The van der Waals surface area contributed by atoms with Crippen LogP contribution in [0.1, 0.15) is 33.7 Å². The van der Waals surface area contributed by atoms with Crippen LogP contribution in [0, 0.1) is 0 Å². The Kier molecular flexibility index (Phi) is 4.66. The summed E-state index contributed by atoms with van der Waals surface area (Å²) < 4.78 is 0. The van der Waals surface area contributed by atoms with Gasteiger partial charge in [0.15, 0.2) is 5.13 Å². The third-order valence-corrected chi connectivity index (χ3v) is 5.22. The number of primary amides is 1. The van der Waals surface area contributed by atoms with Crippen molar-refractivity contribution in [2.45, 2.75) is 12.8 Å². The number of hydrogen-bond acceptors (Lipinski definition) is 5. The van der Waals surface area contributed by atoms with E-state index < -0.39 is 5.91 Å². The van der Waals surface area contributed by atoms with Gasteiger partial charge in [-0.1, -0.05) is 6.07 Å². The fraction of sp³-hybridized carbons (Fsp3) is 0.158. The molecule has 0 bridgehead atoms. The molecule has 3 aromatic rings. The van der Waals surface area contributed by atoms with Crippen LogP contribution in [0.4, 0.5) is 10.8 Å². The van der Waals surface area contributed by atoms with Crippen LogP contribution in [0.25, 0.3) is 11.3 Å². The van der Waals surface area contributed by atoms with E-state index in [1.807, 2.05) is 6.07 Å². The highest BCUT2D eigenvalue weighted by atomic mass is 32.1. The number of nitrogens with one attached hydrogen (secondary N) is 2. The first-order valence-electron chi connectivity index (χ1n) is 8.67. The standard InChI is InChI=1S/C19H17N5O3S/c20-17(26)14-8-12(9-21-14)15-10-28-19(22-15)23-18(27)11-3-1-4-13(7-11)24-6-2-5-16(24)25/h1,3-4,7-10,21H,2,5-6H2,(H2,20,26)(H,22,23,27). The van der Waals surface area contributed by atoms with Crippen LogP contribution in [0.2, 0.25) is 0 Å². The molecular formula is C19H17N5O3S. The van der Waals surface area contributed by atoms with Gasteiger partial charge in [0.2, 0.25) is 5.91 Å². The molecule has 28 heavy (non-hydrogen) atoms. The maximum absolute atomic E-state index is 12.6. The van der Waals surface area contributed by atoms with Gasteiger partial charge >= 0.3 is 0 Å². The van der Waals surface area contributed by atoms with Gasteiger partial charge in [-0.25, -0.2) is 4.98 Å². The molecular weight excluding hydrogens is 378 g/mol. The van der Waals surface area contributed by atoms with E-state index in [9.17, 15) is 14.4 Å². The predicted molar refractivity (Wildman–Crippen MR) is 106 cm³/mol. The number of benzene rings is 1. The summed E-state index contributed by atoms with van der Waals surface area (Å²) in [5.74, 6) is -0.781. The highest BCUT2D eigenvalue weighted by Gasteiger charge is 2.22. The number of H-pyrrole nitrogens is 1. The molecule has 8 nitrogen and oxygen atoms in total. The van der Waals surface area contributed by atoms with E-state index in [2.05, 4.69) is 15.3 Å². The molecule has 0 aliphatic carbocycles. The van der Waals surface area contributed by atoms with Crippen LogP contribution in [0.15, 0.2) is 41.9 Å². The van der Waals surface area contributed by atoms with E-state index in [1.54, 1.807) is 40.7 Å². The number of thiazole rings is 1. The molecule has 2 aromatic heterocycles. The average molecular weight is 395 g/mol. The van der Waals surface area contributed by atoms with Gasteiger partial charge in [0.1, 0.15) is 5.69 Å². The smallest absolute Gasteiger partial charge is 0.265 e. The first kappa shape index (κ1) is 17.9. The number of nitrogens with two attached hydrogens (primary N) is 1. The second-order valence-corrected chi connectivity index (χ2v) is 7.22. The third-order valence-electron chi connectivity index (χ3n) is 4.46. The average Bonchev–Trinajstić information content (AvgIpc) is 3.42. The Labute approximate surface area is 164 Å². The van der Waals surface area contributed by atoms with Crippen molar-refractivity contribution in [2.24, 2.45) is 5.73 Å². The largest absolute Gasteiger partial charge is 0.364 e. The van der Waals surface area contributed by atoms with Crippen LogP contribution in [-0.2, 0) is 4.79 Å². The first-order chi connectivity index (χ1) is 13.5. The van der Waals surface area contributed by atoms with Gasteiger partial charge < -0.3 is 15.6 Å². The fourth-order valence-corrected chi connectivity index (χ4v) is 3.77. The van der Waals surface area contributed by atoms with E-state index in [0.717, 1.165) is 12.1 Å². The van der Waals surface area contributed by atoms with E-state index in [-0.39, 0.29) is 11.8 Å². The summed E-state index contributed by atoms with van der Waals surface area (Å²) in [7, 11) is 0. The molecule has 1 aliphatic rings. The van der Waals surface area contributed by atoms with Crippen molar-refractivity contribution in [3.63, 3.8) is 0 Å². The molecule has 0 saturated carbocycles. The molecule has 3 amide bonds. The minimum absolute atomic E-state index is 0.0731. The van der Waals surface area contributed by atoms with E-state index >= 15 is 0 Å². The lowest BCUT2D eigenvalue weighted by atomic mass is 10.2. The number of aromatic amines is 1. The van der Waals surface area contributed by atoms with E-state index in [4.69, 9.17) is 5.73 Å². The molecule has 1 aromatic carbocycles. The van der Waals surface area contributed by atoms with Crippen LogP contribution in [0.5, 0.6) is 0 Å². The molecule has 0 unspecified atom stereocenters. The summed E-state index contributed by atoms with van der Waals surface area (Å²) in [5.41, 5.74) is 8.04. The normalized spacial score (nSPS) is 13.7. The van der Waals surface area contributed by atoms with E-state index in [0.29, 0.717) is 40.6 Å². The van der Waals surface area contributed by atoms with Crippen LogP contribution >= 0.6 is 11.3 Å². The van der Waals surface area contributed by atoms with Gasteiger partial charge in [-0.05, 0) is 30.7 Å². The van der Waals surface area contributed by atoms with Crippen molar-refractivity contribution in [1.82, 2.24) is 9.97 Å². The summed E-state index contributed by atoms with van der Waals surface area (Å²) in [6.07, 6.45) is 3.00. The minimum atomic E-state index is -0.550. The van der Waals surface area contributed by atoms with Crippen LogP contribution in [-0.4, -0.2) is 34.2 Å². The molecule has 1 saturated heterocycles. The van der Waals surface area contributed by atoms with Gasteiger partial charge in [-0.3, -0.25) is 19.7 Å². The number of carbonyl (C=O) groups is 3. The molecule has 0 spiro atoms. The number of hydrogen-bond donors (Lipinski definition) is 3. The number of aromatic nitrogens is 2. The quantitative estimate of drug-likeness (QED) is 0.615. The molecule has 4 N–H and O–H groups in total. The van der Waals surface area contributed by atoms with Gasteiger partial charge in [0.25, 0.3) is 11.8 Å². The lowest BCUT2D eigenvalue weighted by molar-refractivity contribution is -0.117. The number of amides is 3. The van der Waals surface area contributed by atoms with Crippen molar-refractivity contribution in [3.05, 3.63) is 53.2 Å². The van der Waals surface area contributed by atoms with Gasteiger partial charge in [-0.2, -0.15) is 0 Å². The van der Waals surface area contributed by atoms with Crippen LogP contribution < -0.4 is 16.0 Å². The third kappa shape index (κ3) is 3.52. The maximum atomic E-state index is 12.6. The first-order valence-corrected chi connectivity index (χ1v) is 9.55. The second kappa shape index (κ2) is 7.28. The monoisotopic (exact) mass is 395 g/mol. The number of anilines is 2. The molecule has 3 heterocycles. The number of rotatable bonds is 5. The van der Waals surface area contributed by atoms with Crippen molar-refractivity contribution in [1.29, 1.82) is 0 Å². The van der Waals surface area contributed by atoms with E-state index in [1.165, 1.54) is 11.3 Å². The zero-order valence-corrected chi connectivity index (χ0v) is 15.6. The lowest BCUT2D eigenvalue weighted by Crippen LogP contribution is -2.24. The van der Waals surface area contributed by atoms with Crippen molar-refractivity contribution in [3.8, 4) is 11.3 Å². The molecule has 4 rings (SSSR count). The molecule has 1 fully saturated rings. The molecule has 0 radical (unpaired) electrons. The Balaban J connectivity index is 1.49. The Morgan fingerprint density at radius 2 is 2.14 bits per heavy atom. The maximum Gasteiger partial charge on any atom is 0.265 e. The highest BCUT2D eigenvalue weighted by Crippen LogP contribution is 2.27. The number of nitrogens with zero attached hydrogens (tertiary/aromatic N) is 2. The molecule has 0 atom stereocenters. The Morgan fingerprint density at radius 1 is 1.29 bits per heavy atom. The van der Waals surface area contributed by atoms with Crippen LogP contribution in [0.3, 0.4) is 0 Å². The van der Waals surface area contributed by atoms with Gasteiger partial charge in [-0.15, -0.1) is 11.3 Å². The van der Waals surface area contributed by atoms with Gasteiger partial charge in [0, 0.05) is 41.4 Å². The molecule has 142 valence electrons.